The molecule has 47 heavy (non-hydrogen) atoms. The molecule has 0 aliphatic rings. The summed E-state index contributed by atoms with van der Waals surface area (Å²) >= 11 is 1.31. The summed E-state index contributed by atoms with van der Waals surface area (Å²) in [5.41, 5.74) is 3.19. The fraction of sp³-hybridized carbons (Fsp3) is 0.154. The van der Waals surface area contributed by atoms with Gasteiger partial charge in [0.25, 0.3) is 0 Å². The molecule has 0 radical (unpaired) electrons. The van der Waals surface area contributed by atoms with E-state index in [0.29, 0.717) is 11.4 Å². The van der Waals surface area contributed by atoms with Crippen LogP contribution in [0.2, 0.25) is 0 Å². The molecule has 238 valence electrons. The lowest BCUT2D eigenvalue weighted by Crippen LogP contribution is -2.52. The summed E-state index contributed by atoms with van der Waals surface area (Å²) in [5.74, 6) is -0.268. The standard InChI is InChI=1S/C39H38N4O3S/c1-40(33-22-12-5-13-23-33)38(45)42(28-31-18-8-3-9-19-31)30-36(44)37(47-35-26-16-7-17-27-35)43(29-32-20-10-4-11-21-32)39(46)41(2)34-24-14-6-15-25-34/h3-27,37H,28-30H2,1-2H3. The molecular weight excluding hydrogens is 605 g/mol. The SMILES string of the molecule is CN(C(=O)N(CC(=O)C(Sc1ccccc1)N(Cc1ccccc1)C(=O)N(C)c1ccccc1)Cc1ccccc1)c1ccccc1. The van der Waals surface area contributed by atoms with Crippen LogP contribution in [0.4, 0.5) is 21.0 Å². The normalized spacial score (nSPS) is 11.3. The summed E-state index contributed by atoms with van der Waals surface area (Å²) < 4.78 is 0. The number of Topliss-reactive ketones (excluding diaryl/α,β-unsaturated/α-hetero) is 1. The van der Waals surface area contributed by atoms with Gasteiger partial charge in [-0.3, -0.25) is 14.6 Å². The first-order valence-electron chi connectivity index (χ1n) is 15.4. The van der Waals surface area contributed by atoms with Gasteiger partial charge in [0.1, 0.15) is 5.37 Å². The smallest absolute Gasteiger partial charge is 0.313 e. The fourth-order valence-corrected chi connectivity index (χ4v) is 6.22. The van der Waals surface area contributed by atoms with Crippen molar-refractivity contribution in [2.24, 2.45) is 0 Å². The molecule has 5 aromatic rings. The number of anilines is 2. The Labute approximate surface area is 281 Å². The lowest BCUT2D eigenvalue weighted by atomic mass is 10.2. The van der Waals surface area contributed by atoms with Crippen LogP contribution in [0.15, 0.2) is 157 Å². The van der Waals surface area contributed by atoms with Gasteiger partial charge in [0.05, 0.1) is 6.54 Å². The summed E-state index contributed by atoms with van der Waals surface area (Å²) in [7, 11) is 3.42. The highest BCUT2D eigenvalue weighted by Crippen LogP contribution is 2.30. The monoisotopic (exact) mass is 642 g/mol. The molecule has 0 saturated carbocycles. The van der Waals surface area contributed by atoms with Crippen LogP contribution in [0, 0.1) is 0 Å². The minimum atomic E-state index is -0.940. The second-order valence-corrected chi connectivity index (χ2v) is 12.2. The number of benzene rings is 5. The Morgan fingerprint density at radius 1 is 0.532 bits per heavy atom. The molecule has 1 atom stereocenters. The van der Waals surface area contributed by atoms with Gasteiger partial charge in [0.15, 0.2) is 5.78 Å². The number of hydrogen-bond acceptors (Lipinski definition) is 4. The molecule has 8 heteroatoms. The number of rotatable bonds is 12. The topological polar surface area (TPSA) is 64.2 Å². The zero-order chi connectivity index (χ0) is 33.0. The van der Waals surface area contributed by atoms with Crippen molar-refractivity contribution < 1.29 is 14.4 Å². The molecule has 0 spiro atoms. The van der Waals surface area contributed by atoms with Crippen LogP contribution < -0.4 is 9.80 Å². The predicted molar refractivity (Wildman–Crippen MR) is 190 cm³/mol. The molecule has 0 aliphatic carbocycles. The number of ketones is 1. The van der Waals surface area contributed by atoms with Gasteiger partial charge < -0.3 is 9.80 Å². The zero-order valence-electron chi connectivity index (χ0n) is 26.6. The van der Waals surface area contributed by atoms with Gasteiger partial charge in [-0.05, 0) is 47.5 Å². The minimum absolute atomic E-state index is 0.198. The third kappa shape index (κ3) is 8.89. The van der Waals surface area contributed by atoms with Crippen molar-refractivity contribution in [3.8, 4) is 0 Å². The highest BCUT2D eigenvalue weighted by atomic mass is 32.2. The van der Waals surface area contributed by atoms with Crippen LogP contribution in [0.25, 0.3) is 0 Å². The Hall–Kier alpha value is -5.34. The lowest BCUT2D eigenvalue weighted by molar-refractivity contribution is -0.121. The highest BCUT2D eigenvalue weighted by Gasteiger charge is 2.35. The summed E-state index contributed by atoms with van der Waals surface area (Å²) in [6.07, 6.45) is 0. The van der Waals surface area contributed by atoms with Crippen molar-refractivity contribution in [1.29, 1.82) is 0 Å². The van der Waals surface area contributed by atoms with E-state index in [9.17, 15) is 14.4 Å². The van der Waals surface area contributed by atoms with Crippen molar-refractivity contribution in [1.82, 2.24) is 9.80 Å². The van der Waals surface area contributed by atoms with Crippen LogP contribution in [-0.2, 0) is 17.9 Å². The van der Waals surface area contributed by atoms with Crippen molar-refractivity contribution in [2.75, 3.05) is 30.4 Å². The van der Waals surface area contributed by atoms with Crippen LogP contribution >= 0.6 is 11.8 Å². The Morgan fingerprint density at radius 3 is 1.43 bits per heavy atom. The fourth-order valence-electron chi connectivity index (χ4n) is 5.15. The molecular formula is C39H38N4O3S. The molecule has 5 rings (SSSR count). The molecule has 0 bridgehead atoms. The van der Waals surface area contributed by atoms with Crippen molar-refractivity contribution in [2.45, 2.75) is 23.4 Å². The Bertz CT molecular complexity index is 1730. The van der Waals surface area contributed by atoms with Crippen molar-refractivity contribution in [3.05, 3.63) is 163 Å². The van der Waals surface area contributed by atoms with E-state index in [0.717, 1.165) is 16.0 Å². The Kier molecular flexibility index (Phi) is 11.4. The summed E-state index contributed by atoms with van der Waals surface area (Å²) in [5, 5.41) is -0.940. The quantitative estimate of drug-likeness (QED) is 0.102. The third-order valence-electron chi connectivity index (χ3n) is 7.69. The molecule has 0 heterocycles. The van der Waals surface area contributed by atoms with E-state index in [1.807, 2.05) is 152 Å². The van der Waals surface area contributed by atoms with E-state index in [1.54, 1.807) is 33.7 Å². The highest BCUT2D eigenvalue weighted by molar-refractivity contribution is 8.00. The lowest BCUT2D eigenvalue weighted by Gasteiger charge is -2.35. The number of urea groups is 2. The van der Waals surface area contributed by atoms with Crippen molar-refractivity contribution >= 4 is 41.0 Å². The van der Waals surface area contributed by atoms with Crippen LogP contribution in [-0.4, -0.2) is 53.7 Å². The van der Waals surface area contributed by atoms with E-state index in [-0.39, 0.29) is 37.5 Å². The third-order valence-corrected chi connectivity index (χ3v) is 8.97. The number of carbonyl (C=O) groups excluding carboxylic acids is 3. The molecule has 4 amide bonds. The van der Waals surface area contributed by atoms with Crippen LogP contribution in [0.1, 0.15) is 11.1 Å². The average molecular weight is 643 g/mol. The molecule has 5 aromatic carbocycles. The van der Waals surface area contributed by atoms with E-state index >= 15 is 0 Å². The molecule has 0 N–H and O–H groups in total. The number of thioether (sulfide) groups is 1. The van der Waals surface area contributed by atoms with E-state index in [4.69, 9.17) is 0 Å². The summed E-state index contributed by atoms with van der Waals surface area (Å²) in [4.78, 5) is 50.2. The molecule has 0 aromatic heterocycles. The number of para-hydroxylation sites is 2. The summed E-state index contributed by atoms with van der Waals surface area (Å²) in [6.45, 7) is 0.217. The number of carbonyl (C=O) groups is 3. The van der Waals surface area contributed by atoms with Crippen molar-refractivity contribution in [3.63, 3.8) is 0 Å². The first kappa shape index (κ1) is 33.0. The second kappa shape index (κ2) is 16.3. The Balaban J connectivity index is 1.52. The maximum absolute atomic E-state index is 14.7. The van der Waals surface area contributed by atoms with Gasteiger partial charge in [-0.1, -0.05) is 127 Å². The van der Waals surface area contributed by atoms with Gasteiger partial charge in [0, 0.05) is 43.5 Å². The van der Waals surface area contributed by atoms with Gasteiger partial charge in [-0.25, -0.2) is 9.59 Å². The largest absolute Gasteiger partial charge is 0.325 e. The number of nitrogens with zero attached hydrogens (tertiary/aromatic N) is 4. The van der Waals surface area contributed by atoms with E-state index in [1.165, 1.54) is 11.8 Å². The van der Waals surface area contributed by atoms with Crippen LogP contribution in [0.3, 0.4) is 0 Å². The predicted octanol–water partition coefficient (Wildman–Crippen LogP) is 8.19. The van der Waals surface area contributed by atoms with Gasteiger partial charge in [-0.15, -0.1) is 0 Å². The maximum atomic E-state index is 14.7. The van der Waals surface area contributed by atoms with Crippen LogP contribution in [0.5, 0.6) is 0 Å². The zero-order valence-corrected chi connectivity index (χ0v) is 27.4. The number of amides is 4. The molecule has 0 saturated heterocycles. The molecule has 0 aliphatic heterocycles. The molecule has 0 fully saturated rings. The summed E-state index contributed by atoms with van der Waals surface area (Å²) in [6, 6.07) is 46.9. The van der Waals surface area contributed by atoms with Gasteiger partial charge in [0.2, 0.25) is 0 Å². The maximum Gasteiger partial charge on any atom is 0.325 e. The van der Waals surface area contributed by atoms with Gasteiger partial charge in [-0.2, -0.15) is 0 Å². The molecule has 7 nitrogen and oxygen atoms in total. The second-order valence-electron chi connectivity index (χ2n) is 11.1. The van der Waals surface area contributed by atoms with E-state index < -0.39 is 5.37 Å². The Morgan fingerprint density at radius 2 is 0.936 bits per heavy atom. The number of hydrogen-bond donors (Lipinski definition) is 0. The van der Waals surface area contributed by atoms with Gasteiger partial charge >= 0.3 is 12.1 Å². The average Bonchev–Trinajstić information content (AvgIpc) is 3.13. The minimum Gasteiger partial charge on any atom is -0.313 e. The van der Waals surface area contributed by atoms with E-state index in [2.05, 4.69) is 0 Å². The first-order chi connectivity index (χ1) is 22.9. The molecule has 1 unspecified atom stereocenters. The first-order valence-corrected chi connectivity index (χ1v) is 16.3.